The Balaban J connectivity index is 1.67. The molecule has 0 spiro atoms. The van der Waals surface area contributed by atoms with E-state index in [1.54, 1.807) is 0 Å². The van der Waals surface area contributed by atoms with Crippen molar-refractivity contribution in [2.45, 2.75) is 77.1 Å². The summed E-state index contributed by atoms with van der Waals surface area (Å²) in [6.07, 6.45) is 2.72. The van der Waals surface area contributed by atoms with Gasteiger partial charge in [-0.15, -0.1) is 0 Å². The molecule has 0 saturated heterocycles. The quantitative estimate of drug-likeness (QED) is 0.607. The summed E-state index contributed by atoms with van der Waals surface area (Å²) in [4.78, 5) is 2.31. The lowest BCUT2D eigenvalue weighted by Crippen LogP contribution is -2.33. The summed E-state index contributed by atoms with van der Waals surface area (Å²) in [5.74, 6) is 0.460. The highest BCUT2D eigenvalue weighted by Gasteiger charge is 2.38. The van der Waals surface area contributed by atoms with Crippen LogP contribution in [0.4, 0.5) is 13.2 Å². The monoisotopic (exact) mass is 430 g/mol. The van der Waals surface area contributed by atoms with Gasteiger partial charge in [-0.2, -0.15) is 18.3 Å². The number of nitrogens with zero attached hydrogens (tertiary/aromatic N) is 3. The molecule has 8 heteroatoms. The van der Waals surface area contributed by atoms with Gasteiger partial charge in [-0.25, -0.2) is 0 Å². The molecule has 0 atom stereocenters. The van der Waals surface area contributed by atoms with E-state index in [0.717, 1.165) is 71.1 Å². The lowest BCUT2D eigenvalue weighted by Gasteiger charge is -2.40. The molecule has 1 N–H and O–H groups in total. The fraction of sp³-hybridized carbons (Fsp3) is 0.864. The maximum Gasteiger partial charge on any atom is 0.411 e. The molecule has 30 heavy (non-hydrogen) atoms. The average Bonchev–Trinajstić information content (AvgIpc) is 3.27. The molecule has 3 rings (SSSR count). The highest BCUT2D eigenvalue weighted by molar-refractivity contribution is 5.33. The van der Waals surface area contributed by atoms with Crippen LogP contribution < -0.4 is 5.32 Å². The Kier molecular flexibility index (Phi) is 7.85. The first-order valence-corrected chi connectivity index (χ1v) is 11.3. The number of aromatic nitrogens is 2. The minimum Gasteiger partial charge on any atom is -0.371 e. The number of nitrogens with one attached hydrogen (secondary N) is 1. The molecule has 0 amide bonds. The summed E-state index contributed by atoms with van der Waals surface area (Å²) in [7, 11) is 4.09. The van der Waals surface area contributed by atoms with Gasteiger partial charge in [0.15, 0.2) is 0 Å². The highest BCUT2D eigenvalue weighted by atomic mass is 19.4. The summed E-state index contributed by atoms with van der Waals surface area (Å²) in [6, 6.07) is 0. The van der Waals surface area contributed by atoms with Gasteiger partial charge < -0.3 is 10.1 Å². The van der Waals surface area contributed by atoms with Crippen LogP contribution >= 0.6 is 0 Å². The summed E-state index contributed by atoms with van der Waals surface area (Å²) < 4.78 is 44.8. The summed E-state index contributed by atoms with van der Waals surface area (Å²) in [6.45, 7) is 4.91. The zero-order valence-electron chi connectivity index (χ0n) is 18.7. The molecule has 1 saturated carbocycles. The van der Waals surface area contributed by atoms with Gasteiger partial charge in [-0.1, -0.05) is 6.92 Å². The lowest BCUT2D eigenvalue weighted by atomic mass is 9.67. The lowest BCUT2D eigenvalue weighted by molar-refractivity contribution is -0.182. The van der Waals surface area contributed by atoms with Crippen molar-refractivity contribution in [3.05, 3.63) is 17.0 Å². The predicted octanol–water partition coefficient (Wildman–Crippen LogP) is 4.11. The van der Waals surface area contributed by atoms with E-state index >= 15 is 0 Å². The van der Waals surface area contributed by atoms with Crippen molar-refractivity contribution in [2.75, 3.05) is 40.4 Å². The molecule has 1 aliphatic carbocycles. The standard InChI is InChI=1S/C22H37F3N4O/c1-4-21(15-30-16-22(23,24)25)9-7-17(8-10-21)20-18(14-28(3)13-11-26-2)27-29-12-5-6-19(20)29/h17,26H,4-16H2,1-3H3/t17-,21-. The second-order valence-corrected chi connectivity index (χ2v) is 9.21. The van der Waals surface area contributed by atoms with Crippen molar-refractivity contribution in [2.24, 2.45) is 5.41 Å². The smallest absolute Gasteiger partial charge is 0.371 e. The Morgan fingerprint density at radius 1 is 1.30 bits per heavy atom. The first-order chi connectivity index (χ1) is 14.3. The fourth-order valence-electron chi connectivity index (χ4n) is 5.14. The van der Waals surface area contributed by atoms with Gasteiger partial charge in [-0.3, -0.25) is 9.58 Å². The normalized spacial score (nSPS) is 24.6. The van der Waals surface area contributed by atoms with Gasteiger partial charge in [0.25, 0.3) is 0 Å². The van der Waals surface area contributed by atoms with Crippen LogP contribution in [0.25, 0.3) is 0 Å². The number of halogens is 3. The van der Waals surface area contributed by atoms with Crippen LogP contribution in [0.3, 0.4) is 0 Å². The van der Waals surface area contributed by atoms with Gasteiger partial charge in [0, 0.05) is 37.4 Å². The number of likely N-dealkylation sites (N-methyl/N-ethyl adjacent to an activating group) is 2. The van der Waals surface area contributed by atoms with Crippen LogP contribution in [0.2, 0.25) is 0 Å². The van der Waals surface area contributed by atoms with E-state index in [1.165, 1.54) is 17.0 Å². The van der Waals surface area contributed by atoms with Crippen molar-refractivity contribution in [1.29, 1.82) is 0 Å². The van der Waals surface area contributed by atoms with Crippen LogP contribution in [0.1, 0.15) is 68.3 Å². The van der Waals surface area contributed by atoms with E-state index in [1.807, 2.05) is 7.05 Å². The zero-order chi connectivity index (χ0) is 21.8. The van der Waals surface area contributed by atoms with Gasteiger partial charge >= 0.3 is 6.18 Å². The average molecular weight is 431 g/mol. The first kappa shape index (κ1) is 23.5. The van der Waals surface area contributed by atoms with Crippen molar-refractivity contribution in [3.8, 4) is 0 Å². The van der Waals surface area contributed by atoms with Crippen LogP contribution in [0.15, 0.2) is 0 Å². The molecule has 2 heterocycles. The molecule has 5 nitrogen and oxygen atoms in total. The largest absolute Gasteiger partial charge is 0.411 e. The molecule has 1 fully saturated rings. The maximum absolute atomic E-state index is 12.5. The van der Waals surface area contributed by atoms with Crippen LogP contribution in [0, 0.1) is 5.41 Å². The molecule has 0 aromatic carbocycles. The van der Waals surface area contributed by atoms with Gasteiger partial charge in [-0.05, 0) is 70.4 Å². The summed E-state index contributed by atoms with van der Waals surface area (Å²) in [5.41, 5.74) is 3.91. The molecule has 1 aromatic heterocycles. The zero-order valence-corrected chi connectivity index (χ0v) is 18.7. The molecule has 0 unspecified atom stereocenters. The van der Waals surface area contributed by atoms with Crippen LogP contribution in [-0.2, 0) is 24.2 Å². The van der Waals surface area contributed by atoms with Crippen molar-refractivity contribution in [3.63, 3.8) is 0 Å². The number of hydrogen-bond donors (Lipinski definition) is 1. The maximum atomic E-state index is 12.5. The van der Waals surface area contributed by atoms with E-state index in [0.29, 0.717) is 5.92 Å². The third kappa shape index (κ3) is 5.77. The minimum absolute atomic E-state index is 0.123. The van der Waals surface area contributed by atoms with Crippen molar-refractivity contribution >= 4 is 0 Å². The first-order valence-electron chi connectivity index (χ1n) is 11.3. The Morgan fingerprint density at radius 2 is 2.03 bits per heavy atom. The number of fused-ring (bicyclic) bond motifs is 1. The van der Waals surface area contributed by atoms with E-state index < -0.39 is 12.8 Å². The topological polar surface area (TPSA) is 42.3 Å². The third-order valence-corrected chi connectivity index (χ3v) is 7.00. The number of rotatable bonds is 10. The van der Waals surface area contributed by atoms with E-state index in [4.69, 9.17) is 9.84 Å². The fourth-order valence-corrected chi connectivity index (χ4v) is 5.14. The molecular formula is C22H37F3N4O. The van der Waals surface area contributed by atoms with E-state index in [2.05, 4.69) is 28.9 Å². The molecular weight excluding hydrogens is 393 g/mol. The molecule has 0 bridgehead atoms. The molecule has 172 valence electrons. The Labute approximate surface area is 178 Å². The second kappa shape index (κ2) is 10.0. The number of aryl methyl sites for hydroxylation is 1. The van der Waals surface area contributed by atoms with Crippen molar-refractivity contribution < 1.29 is 17.9 Å². The number of ether oxygens (including phenoxy) is 1. The van der Waals surface area contributed by atoms with Crippen LogP contribution in [0.5, 0.6) is 0 Å². The van der Waals surface area contributed by atoms with E-state index in [-0.39, 0.29) is 12.0 Å². The molecule has 1 aromatic rings. The Morgan fingerprint density at radius 3 is 2.67 bits per heavy atom. The second-order valence-electron chi connectivity index (χ2n) is 9.21. The molecule has 1 aliphatic heterocycles. The SMILES string of the molecule is CC[C@]1(COCC(F)(F)F)CC[C@H](c2c(CN(C)CCNC)nn3c2CCC3)CC1. The molecule has 0 radical (unpaired) electrons. The summed E-state index contributed by atoms with van der Waals surface area (Å²) >= 11 is 0. The Hall–Kier alpha value is -1.12. The van der Waals surface area contributed by atoms with Gasteiger partial charge in [0.1, 0.15) is 6.61 Å². The van der Waals surface area contributed by atoms with Crippen LogP contribution in [-0.4, -0.2) is 61.3 Å². The summed E-state index contributed by atoms with van der Waals surface area (Å²) in [5, 5.41) is 8.15. The third-order valence-electron chi connectivity index (χ3n) is 7.00. The number of alkyl halides is 3. The number of hydrogen-bond acceptors (Lipinski definition) is 4. The van der Waals surface area contributed by atoms with Gasteiger partial charge in [0.05, 0.1) is 12.3 Å². The predicted molar refractivity (Wildman–Crippen MR) is 112 cm³/mol. The van der Waals surface area contributed by atoms with Gasteiger partial charge in [0.2, 0.25) is 0 Å². The van der Waals surface area contributed by atoms with Crippen molar-refractivity contribution in [1.82, 2.24) is 20.0 Å². The minimum atomic E-state index is -4.25. The highest BCUT2D eigenvalue weighted by Crippen LogP contribution is 2.47. The molecule has 2 aliphatic rings. The van der Waals surface area contributed by atoms with E-state index in [9.17, 15) is 13.2 Å². The Bertz CT molecular complexity index is 681.